The van der Waals surface area contributed by atoms with E-state index in [1.807, 2.05) is 54.6 Å². The van der Waals surface area contributed by atoms with Gasteiger partial charge in [0.1, 0.15) is 35.9 Å². The number of benzene rings is 2. The molecular formula is C35H40IN3O8. The standard InChI is InChI=1S/C35H40IN3O8/c1-38(25(31(41)37-15-16-40)17-20-5-3-2-4-6-20)33(43)34-18-26-27-28(46-35(45-27,22-9-10-22)23-11-12-23)30(34)47-39(29(34)32(42)44-26)19-21-7-13-24(36)14-8-21/h2-8,13-14,22-23,25-30,40H,9-12,15-19H2,1H3,(H,37,41)/t25-,26-,27+,28+,29+,30-,34+/m1/s1. The summed E-state index contributed by atoms with van der Waals surface area (Å²) in [6.07, 6.45) is 1.84. The molecule has 8 rings (SSSR count). The molecule has 0 spiro atoms. The molecular weight excluding hydrogens is 717 g/mol. The predicted molar refractivity (Wildman–Crippen MR) is 175 cm³/mol. The number of ether oxygens (including phenoxy) is 3. The van der Waals surface area contributed by atoms with Gasteiger partial charge in [0.15, 0.2) is 11.8 Å². The van der Waals surface area contributed by atoms with Crippen LogP contribution in [0.5, 0.6) is 0 Å². The summed E-state index contributed by atoms with van der Waals surface area (Å²) in [5, 5.41) is 13.8. The molecule has 2 N–H and O–H groups in total. The second kappa shape index (κ2) is 12.1. The first-order valence-electron chi connectivity index (χ1n) is 16.7. The van der Waals surface area contributed by atoms with Crippen LogP contribution in [0.1, 0.15) is 43.2 Å². The molecule has 3 aliphatic carbocycles. The maximum atomic E-state index is 15.2. The third-order valence-electron chi connectivity index (χ3n) is 10.9. The van der Waals surface area contributed by atoms with Crippen LogP contribution in [0.15, 0.2) is 54.6 Å². The SMILES string of the molecule is CN(C(=O)[C@@]12C[C@H]3OC(=O)[C@@H]1N(Cc1ccc(I)cc1)O[C@@H]2[C@H]1OC(C2CC2)(C2CC2)O[C@H]13)[C@H](Cc1ccccc1)C(=O)NCCO. The summed E-state index contributed by atoms with van der Waals surface area (Å²) in [5.41, 5.74) is 0.424. The molecule has 2 amide bonds. The van der Waals surface area contributed by atoms with Crippen LogP contribution in [0.3, 0.4) is 0 Å². The largest absolute Gasteiger partial charge is 0.458 e. The average molecular weight is 758 g/mol. The molecule has 3 heterocycles. The van der Waals surface area contributed by atoms with Crippen LogP contribution in [0.2, 0.25) is 0 Å². The Labute approximate surface area is 287 Å². The number of nitrogens with one attached hydrogen (secondary N) is 1. The molecule has 0 unspecified atom stereocenters. The Morgan fingerprint density at radius 3 is 2.36 bits per heavy atom. The Kier molecular flexibility index (Phi) is 8.12. The molecule has 2 aromatic carbocycles. The summed E-state index contributed by atoms with van der Waals surface area (Å²) < 4.78 is 21.0. The summed E-state index contributed by atoms with van der Waals surface area (Å²) in [7, 11) is 1.62. The number of esters is 1. The Morgan fingerprint density at radius 2 is 1.70 bits per heavy atom. The molecule has 2 aromatic rings. The van der Waals surface area contributed by atoms with Gasteiger partial charge in [-0.05, 0) is 71.5 Å². The number of carbonyl (C=O) groups excluding carboxylic acids is 3. The highest BCUT2D eigenvalue weighted by Crippen LogP contribution is 2.64. The van der Waals surface area contributed by atoms with Crippen LogP contribution in [0.25, 0.3) is 0 Å². The van der Waals surface area contributed by atoms with Crippen molar-refractivity contribution < 1.29 is 38.5 Å². The van der Waals surface area contributed by atoms with Gasteiger partial charge in [0, 0.05) is 41.8 Å². The molecule has 250 valence electrons. The van der Waals surface area contributed by atoms with E-state index in [2.05, 4.69) is 27.9 Å². The molecule has 2 bridgehead atoms. The Bertz CT molecular complexity index is 1520. The molecule has 3 saturated carbocycles. The molecule has 6 aliphatic rings. The Morgan fingerprint density at radius 1 is 1.02 bits per heavy atom. The number of rotatable bonds is 11. The zero-order valence-corrected chi connectivity index (χ0v) is 28.4. The van der Waals surface area contributed by atoms with E-state index in [1.54, 1.807) is 12.1 Å². The minimum Gasteiger partial charge on any atom is -0.458 e. The number of hydrogen-bond donors (Lipinski definition) is 2. The maximum Gasteiger partial charge on any atom is 0.327 e. The van der Waals surface area contributed by atoms with Crippen molar-refractivity contribution in [1.29, 1.82) is 0 Å². The van der Waals surface area contributed by atoms with Crippen molar-refractivity contribution in [3.05, 3.63) is 69.3 Å². The van der Waals surface area contributed by atoms with Gasteiger partial charge in [-0.1, -0.05) is 42.5 Å². The number of likely N-dealkylation sites (N-methyl/N-ethyl adjacent to an activating group) is 1. The lowest BCUT2D eigenvalue weighted by atomic mass is 9.62. The minimum atomic E-state index is -1.38. The first-order chi connectivity index (χ1) is 22.7. The second-order valence-electron chi connectivity index (χ2n) is 13.9. The number of carbonyl (C=O) groups is 3. The molecule has 3 saturated heterocycles. The highest BCUT2D eigenvalue weighted by molar-refractivity contribution is 14.1. The van der Waals surface area contributed by atoms with Crippen LogP contribution >= 0.6 is 22.6 Å². The fourth-order valence-electron chi connectivity index (χ4n) is 8.43. The number of amides is 2. The third kappa shape index (κ3) is 5.30. The smallest absolute Gasteiger partial charge is 0.327 e. The number of nitrogens with zero attached hydrogens (tertiary/aromatic N) is 2. The predicted octanol–water partition coefficient (Wildman–Crippen LogP) is 2.57. The molecule has 0 aromatic heterocycles. The van der Waals surface area contributed by atoms with E-state index in [9.17, 15) is 14.7 Å². The fraction of sp³-hybridized carbons (Fsp3) is 0.571. The van der Waals surface area contributed by atoms with E-state index in [0.717, 1.165) is 40.4 Å². The summed E-state index contributed by atoms with van der Waals surface area (Å²) in [5.74, 6) is -1.48. The Balaban J connectivity index is 1.18. The topological polar surface area (TPSA) is 127 Å². The van der Waals surface area contributed by atoms with Crippen molar-refractivity contribution in [2.45, 2.75) is 87.4 Å². The van der Waals surface area contributed by atoms with Crippen LogP contribution < -0.4 is 5.32 Å². The number of fused-ring (bicyclic) bond motifs is 4. The van der Waals surface area contributed by atoms with Crippen LogP contribution in [0.4, 0.5) is 0 Å². The van der Waals surface area contributed by atoms with Gasteiger partial charge in [0.25, 0.3) is 0 Å². The van der Waals surface area contributed by atoms with E-state index in [0.29, 0.717) is 0 Å². The van der Waals surface area contributed by atoms with E-state index >= 15 is 4.79 Å². The highest BCUT2D eigenvalue weighted by Gasteiger charge is 2.78. The Hall–Kier alpha value is -2.62. The van der Waals surface area contributed by atoms with Crippen molar-refractivity contribution in [3.8, 4) is 0 Å². The molecule has 47 heavy (non-hydrogen) atoms. The summed E-state index contributed by atoms with van der Waals surface area (Å²) in [6, 6.07) is 15.5. The van der Waals surface area contributed by atoms with Gasteiger partial charge in [0.05, 0.1) is 13.2 Å². The first-order valence-corrected chi connectivity index (χ1v) is 17.8. The van der Waals surface area contributed by atoms with Gasteiger partial charge in [-0.15, -0.1) is 0 Å². The summed E-state index contributed by atoms with van der Waals surface area (Å²) >= 11 is 2.25. The number of hydrogen-bond acceptors (Lipinski definition) is 9. The van der Waals surface area contributed by atoms with Crippen molar-refractivity contribution in [2.24, 2.45) is 17.3 Å². The molecule has 6 fully saturated rings. The lowest BCUT2D eigenvalue weighted by molar-refractivity contribution is -0.235. The lowest BCUT2D eigenvalue weighted by Crippen LogP contribution is -2.70. The van der Waals surface area contributed by atoms with Crippen LogP contribution in [-0.2, 0) is 46.4 Å². The van der Waals surface area contributed by atoms with Crippen molar-refractivity contribution in [1.82, 2.24) is 15.3 Å². The van der Waals surface area contributed by atoms with E-state index < -0.39 is 53.7 Å². The molecule has 12 heteroatoms. The van der Waals surface area contributed by atoms with Crippen molar-refractivity contribution in [3.63, 3.8) is 0 Å². The summed E-state index contributed by atoms with van der Waals surface area (Å²) in [6.45, 7) is 0.0907. The van der Waals surface area contributed by atoms with Crippen LogP contribution in [-0.4, -0.2) is 95.3 Å². The van der Waals surface area contributed by atoms with E-state index in [1.165, 1.54) is 4.90 Å². The normalized spacial score (nSPS) is 32.7. The van der Waals surface area contributed by atoms with Gasteiger partial charge in [-0.2, -0.15) is 5.06 Å². The van der Waals surface area contributed by atoms with Gasteiger partial charge < -0.3 is 29.5 Å². The number of aliphatic hydroxyl groups is 1. The molecule has 7 atom stereocenters. The first kappa shape index (κ1) is 31.6. The second-order valence-corrected chi connectivity index (χ2v) is 15.2. The van der Waals surface area contributed by atoms with Gasteiger partial charge in [-0.3, -0.25) is 19.2 Å². The van der Waals surface area contributed by atoms with Gasteiger partial charge in [0.2, 0.25) is 11.8 Å². The third-order valence-corrected chi connectivity index (χ3v) is 11.6. The number of halogens is 1. The lowest BCUT2D eigenvalue weighted by Gasteiger charge is -2.50. The van der Waals surface area contributed by atoms with E-state index in [4.69, 9.17) is 19.0 Å². The fourth-order valence-corrected chi connectivity index (χ4v) is 8.79. The van der Waals surface area contributed by atoms with Crippen molar-refractivity contribution in [2.75, 3.05) is 20.2 Å². The number of aliphatic hydroxyl groups excluding tert-OH is 1. The molecule has 0 radical (unpaired) electrons. The highest BCUT2D eigenvalue weighted by atomic mass is 127. The molecule has 11 nitrogen and oxygen atoms in total. The summed E-state index contributed by atoms with van der Waals surface area (Å²) in [4.78, 5) is 51.2. The average Bonchev–Trinajstić information content (AvgIpc) is 4.02. The monoisotopic (exact) mass is 757 g/mol. The van der Waals surface area contributed by atoms with Crippen LogP contribution in [0, 0.1) is 20.8 Å². The maximum absolute atomic E-state index is 15.2. The zero-order valence-electron chi connectivity index (χ0n) is 26.3. The van der Waals surface area contributed by atoms with Gasteiger partial charge >= 0.3 is 5.97 Å². The minimum absolute atomic E-state index is 0.0587. The van der Waals surface area contributed by atoms with Gasteiger partial charge in [-0.25, -0.2) is 0 Å². The van der Waals surface area contributed by atoms with Crippen molar-refractivity contribution >= 4 is 40.4 Å². The zero-order chi connectivity index (χ0) is 32.5. The quantitative estimate of drug-likeness (QED) is 0.263. The molecule has 3 aliphatic heterocycles. The van der Waals surface area contributed by atoms with E-state index in [-0.39, 0.29) is 56.2 Å². The number of hydroxylamine groups is 2.